The van der Waals surface area contributed by atoms with E-state index in [1.165, 1.54) is 21.6 Å². The molecule has 1 aliphatic rings. The Labute approximate surface area is 165 Å². The van der Waals surface area contributed by atoms with Gasteiger partial charge in [0.05, 0.1) is 10.9 Å². The third-order valence-corrected chi connectivity index (χ3v) is 6.14. The van der Waals surface area contributed by atoms with Crippen molar-refractivity contribution < 1.29 is 4.74 Å². The van der Waals surface area contributed by atoms with Gasteiger partial charge in [-0.25, -0.2) is 4.99 Å². The van der Waals surface area contributed by atoms with E-state index >= 15 is 0 Å². The first-order valence-corrected chi connectivity index (χ1v) is 10.1. The zero-order chi connectivity index (χ0) is 18.6. The summed E-state index contributed by atoms with van der Waals surface area (Å²) in [6, 6.07) is 27.3. The molecule has 0 N–H and O–H groups in total. The van der Waals surface area contributed by atoms with Crippen molar-refractivity contribution in [3.05, 3.63) is 95.6 Å². The van der Waals surface area contributed by atoms with Gasteiger partial charge in [-0.1, -0.05) is 54.6 Å². The van der Waals surface area contributed by atoms with Crippen molar-refractivity contribution in [3.8, 4) is 0 Å². The predicted molar refractivity (Wildman–Crippen MR) is 114 cm³/mol. The molecule has 0 bridgehead atoms. The fourth-order valence-corrected chi connectivity index (χ4v) is 4.49. The van der Waals surface area contributed by atoms with E-state index in [0.29, 0.717) is 5.25 Å². The van der Waals surface area contributed by atoms with Gasteiger partial charge in [0.2, 0.25) is 0 Å². The smallest absolute Gasteiger partial charge is 0.190 e. The van der Waals surface area contributed by atoms with Gasteiger partial charge >= 0.3 is 0 Å². The number of aliphatic imine (C=N–C) groups is 1. The number of rotatable bonds is 4. The summed E-state index contributed by atoms with van der Waals surface area (Å²) in [6.07, 6.45) is 0.841. The Kier molecular flexibility index (Phi) is 5.30. The van der Waals surface area contributed by atoms with Crippen LogP contribution in [0.4, 0.5) is 5.69 Å². The lowest BCUT2D eigenvalue weighted by Gasteiger charge is -2.17. The van der Waals surface area contributed by atoms with E-state index < -0.39 is 0 Å². The van der Waals surface area contributed by atoms with Crippen LogP contribution in [0.15, 0.2) is 88.8 Å². The number of hydrogen-bond donors (Lipinski definition) is 0. The molecule has 3 aromatic carbocycles. The van der Waals surface area contributed by atoms with Crippen LogP contribution in [0, 0.1) is 13.8 Å². The number of hydrogen-bond acceptors (Lipinski definition) is 3. The van der Waals surface area contributed by atoms with Crippen LogP contribution >= 0.6 is 11.8 Å². The van der Waals surface area contributed by atoms with Gasteiger partial charge in [0, 0.05) is 11.3 Å². The number of ether oxygens (including phenoxy) is 1. The fourth-order valence-electron chi connectivity index (χ4n) is 3.26. The molecule has 0 aliphatic carbocycles. The molecule has 2 nitrogen and oxygen atoms in total. The molecule has 2 unspecified atom stereocenters. The summed E-state index contributed by atoms with van der Waals surface area (Å²) in [4.78, 5) is 6.07. The van der Waals surface area contributed by atoms with E-state index in [9.17, 15) is 0 Å². The predicted octanol–water partition coefficient (Wildman–Crippen LogP) is 6.66. The molecule has 1 heterocycles. The number of thioether (sulfide) groups is 1. The molecule has 2 atom stereocenters. The fraction of sp³-hybridized carbons (Fsp3) is 0.208. The molecular weight excluding hydrogens is 350 g/mol. The Hall–Kier alpha value is -2.52. The lowest BCUT2D eigenvalue weighted by molar-refractivity contribution is 0.228. The van der Waals surface area contributed by atoms with Crippen molar-refractivity contribution in [2.24, 2.45) is 4.99 Å². The molecule has 1 saturated heterocycles. The van der Waals surface area contributed by atoms with Crippen LogP contribution < -0.4 is 0 Å². The van der Waals surface area contributed by atoms with Gasteiger partial charge in [0.1, 0.15) is 6.10 Å². The molecule has 136 valence electrons. The molecule has 3 aromatic rings. The van der Waals surface area contributed by atoms with Gasteiger partial charge in [0.25, 0.3) is 0 Å². The zero-order valence-corrected chi connectivity index (χ0v) is 16.4. The largest absolute Gasteiger partial charge is 0.471 e. The van der Waals surface area contributed by atoms with Crippen molar-refractivity contribution in [1.82, 2.24) is 0 Å². The first-order chi connectivity index (χ1) is 13.2. The highest BCUT2D eigenvalue weighted by Gasteiger charge is 2.35. The highest BCUT2D eigenvalue weighted by atomic mass is 32.2. The maximum absolute atomic E-state index is 6.34. The first-order valence-electron chi connectivity index (χ1n) is 9.27. The van der Waals surface area contributed by atoms with E-state index in [1.807, 2.05) is 17.8 Å². The summed E-state index contributed by atoms with van der Waals surface area (Å²) in [6.45, 7) is 4.24. The summed E-state index contributed by atoms with van der Waals surface area (Å²) in [5.74, 6) is 0.820. The molecule has 0 saturated carbocycles. The summed E-state index contributed by atoms with van der Waals surface area (Å²) in [5, 5.41) is 0.306. The van der Waals surface area contributed by atoms with Crippen molar-refractivity contribution in [2.45, 2.75) is 36.5 Å². The minimum atomic E-state index is 0.0155. The first kappa shape index (κ1) is 17.9. The van der Waals surface area contributed by atoms with E-state index in [2.05, 4.69) is 86.6 Å². The van der Waals surface area contributed by atoms with Gasteiger partial charge in [-0.05, 0) is 54.8 Å². The summed E-state index contributed by atoms with van der Waals surface area (Å²) in [5.41, 5.74) is 4.71. The third kappa shape index (κ3) is 4.25. The van der Waals surface area contributed by atoms with E-state index in [4.69, 9.17) is 9.73 Å². The van der Waals surface area contributed by atoms with Crippen LogP contribution in [0.2, 0.25) is 0 Å². The van der Waals surface area contributed by atoms with E-state index in [0.717, 1.165) is 18.0 Å². The minimum absolute atomic E-state index is 0.0155. The van der Waals surface area contributed by atoms with Crippen LogP contribution in [-0.2, 0) is 4.74 Å². The second-order valence-corrected chi connectivity index (χ2v) is 8.21. The highest BCUT2D eigenvalue weighted by Crippen LogP contribution is 2.42. The van der Waals surface area contributed by atoms with Gasteiger partial charge in [-0.3, -0.25) is 0 Å². The molecule has 3 heteroatoms. The van der Waals surface area contributed by atoms with Crippen LogP contribution in [0.3, 0.4) is 0 Å². The molecule has 4 rings (SSSR count). The Morgan fingerprint density at radius 1 is 0.852 bits per heavy atom. The number of aryl methyl sites for hydroxylation is 2. The Morgan fingerprint density at radius 2 is 1.56 bits per heavy atom. The Balaban J connectivity index is 1.62. The second kappa shape index (κ2) is 8.01. The van der Waals surface area contributed by atoms with Crippen molar-refractivity contribution in [3.63, 3.8) is 0 Å². The second-order valence-electron chi connectivity index (χ2n) is 6.90. The SMILES string of the molecule is Cc1ccc(N=C2CC(Sc3ccccc3)C(c3ccccc3)O2)cc1C. The van der Waals surface area contributed by atoms with Gasteiger partial charge in [0.15, 0.2) is 5.90 Å². The zero-order valence-electron chi connectivity index (χ0n) is 15.6. The van der Waals surface area contributed by atoms with Crippen LogP contribution in [0.5, 0.6) is 0 Å². The quantitative estimate of drug-likeness (QED) is 0.510. The van der Waals surface area contributed by atoms with Gasteiger partial charge < -0.3 is 4.74 Å². The third-order valence-electron chi connectivity index (χ3n) is 4.88. The summed E-state index contributed by atoms with van der Waals surface area (Å²) < 4.78 is 6.34. The normalized spacial score (nSPS) is 20.6. The Bertz CT molecular complexity index is 937. The van der Waals surface area contributed by atoms with Gasteiger partial charge in [-0.15, -0.1) is 11.8 Å². The summed E-state index contributed by atoms with van der Waals surface area (Å²) in [7, 11) is 0. The molecule has 27 heavy (non-hydrogen) atoms. The topological polar surface area (TPSA) is 21.6 Å². The molecular formula is C24H23NOS. The average Bonchev–Trinajstić information content (AvgIpc) is 3.08. The number of benzene rings is 3. The maximum Gasteiger partial charge on any atom is 0.190 e. The van der Waals surface area contributed by atoms with Crippen molar-refractivity contribution >= 4 is 23.3 Å². The van der Waals surface area contributed by atoms with E-state index in [1.54, 1.807) is 0 Å². The van der Waals surface area contributed by atoms with Crippen molar-refractivity contribution in [1.29, 1.82) is 0 Å². The lowest BCUT2D eigenvalue weighted by Crippen LogP contribution is -2.09. The molecule has 0 aromatic heterocycles. The molecule has 0 radical (unpaired) electrons. The molecule has 1 aliphatic heterocycles. The lowest BCUT2D eigenvalue weighted by atomic mass is 10.1. The average molecular weight is 374 g/mol. The molecule has 0 spiro atoms. The maximum atomic E-state index is 6.34. The Morgan fingerprint density at radius 3 is 2.26 bits per heavy atom. The van der Waals surface area contributed by atoms with Crippen LogP contribution in [-0.4, -0.2) is 11.1 Å². The van der Waals surface area contributed by atoms with Crippen LogP contribution in [0.1, 0.15) is 29.2 Å². The molecule has 1 fully saturated rings. The minimum Gasteiger partial charge on any atom is -0.471 e. The highest BCUT2D eigenvalue weighted by molar-refractivity contribution is 8.00. The van der Waals surface area contributed by atoms with Gasteiger partial charge in [-0.2, -0.15) is 0 Å². The summed E-state index contributed by atoms with van der Waals surface area (Å²) >= 11 is 1.87. The monoisotopic (exact) mass is 373 g/mol. The number of nitrogens with zero attached hydrogens (tertiary/aromatic N) is 1. The van der Waals surface area contributed by atoms with Crippen molar-refractivity contribution in [2.75, 3.05) is 0 Å². The van der Waals surface area contributed by atoms with E-state index in [-0.39, 0.29) is 6.10 Å². The standard InChI is InChI=1S/C24H23NOS/c1-17-13-14-20(15-18(17)2)25-23-16-22(27-21-11-7-4-8-12-21)24(26-23)19-9-5-3-6-10-19/h3-15,22,24H,16H2,1-2H3. The van der Waals surface area contributed by atoms with Crippen LogP contribution in [0.25, 0.3) is 0 Å². The molecule has 0 amide bonds.